The minimum Gasteiger partial charge on any atom is -0.461 e. The van der Waals surface area contributed by atoms with Crippen LogP contribution in [0.25, 0.3) is 0 Å². The monoisotopic (exact) mass is 524 g/mol. The lowest BCUT2D eigenvalue weighted by molar-refractivity contribution is -0.134. The summed E-state index contributed by atoms with van der Waals surface area (Å²) < 4.78 is 6.08. The highest BCUT2D eigenvalue weighted by Crippen LogP contribution is 2.18. The number of carbonyl (C=O) groups excluding carboxylic acids is 1. The summed E-state index contributed by atoms with van der Waals surface area (Å²) in [5.74, 6) is -0.602. The fourth-order valence-electron chi connectivity index (χ4n) is 2.32. The molecule has 3 rings (SSSR count). The van der Waals surface area contributed by atoms with Crippen molar-refractivity contribution in [3.63, 3.8) is 0 Å². The predicted molar refractivity (Wildman–Crippen MR) is 138 cm³/mol. The number of hydrazone groups is 2. The Balaban J connectivity index is 1.85. The van der Waals surface area contributed by atoms with Crippen LogP contribution in [0.4, 0.5) is 17.1 Å². The number of nitrogens with zero attached hydrogens (tertiary/aromatic N) is 4. The van der Waals surface area contributed by atoms with Crippen LogP contribution in [0.5, 0.6) is 0 Å². The molecule has 0 aliphatic heterocycles. The summed E-state index contributed by atoms with van der Waals surface area (Å²) in [7, 11) is 0. The second kappa shape index (κ2) is 13.1. The Labute approximate surface area is 204 Å². The number of azo groups is 1. The van der Waals surface area contributed by atoms with Crippen molar-refractivity contribution in [2.45, 2.75) is 6.92 Å². The third kappa shape index (κ3) is 8.51. The Morgan fingerprint density at radius 2 is 1.48 bits per heavy atom. The zero-order chi connectivity index (χ0) is 23.3. The van der Waals surface area contributed by atoms with Gasteiger partial charge in [-0.05, 0) is 67.2 Å². The maximum absolute atomic E-state index is 12.5. The molecule has 0 unspecified atom stereocenters. The van der Waals surface area contributed by atoms with E-state index >= 15 is 0 Å². The van der Waals surface area contributed by atoms with Gasteiger partial charge in [0.05, 0.1) is 23.7 Å². The maximum atomic E-state index is 12.5. The average Bonchev–Trinajstić information content (AvgIpc) is 2.85. The third-order valence-electron chi connectivity index (χ3n) is 3.83. The van der Waals surface area contributed by atoms with Crippen molar-refractivity contribution in [3.8, 4) is 0 Å². The van der Waals surface area contributed by atoms with Gasteiger partial charge >= 0.3 is 5.97 Å². The Bertz CT molecular complexity index is 1120. The number of carbonyl (C=O) groups is 1. The van der Waals surface area contributed by atoms with Gasteiger partial charge < -0.3 is 4.74 Å². The number of halogens is 1. The van der Waals surface area contributed by atoms with Gasteiger partial charge in [-0.1, -0.05) is 52.3 Å². The van der Waals surface area contributed by atoms with Crippen LogP contribution in [0, 0.1) is 0 Å². The first-order chi connectivity index (χ1) is 16.1. The number of hydrogen-bond donors (Lipinski definition) is 2. The second-order valence-corrected chi connectivity index (χ2v) is 8.14. The van der Waals surface area contributed by atoms with Crippen LogP contribution in [-0.2, 0) is 9.53 Å². The SMILES string of the molecule is CCOC(=O)/C(=N/Nc1ccc(Br)cc1)S/C(N=Nc1ccccc1)=N/Nc1ccccc1. The Kier molecular flexibility index (Phi) is 9.62. The number of anilines is 2. The van der Waals surface area contributed by atoms with Crippen LogP contribution in [0.1, 0.15) is 6.92 Å². The van der Waals surface area contributed by atoms with Gasteiger partial charge in [-0.3, -0.25) is 10.9 Å². The number of ether oxygens (including phenoxy) is 1. The molecule has 3 aromatic carbocycles. The molecular weight excluding hydrogens is 504 g/mol. The van der Waals surface area contributed by atoms with Gasteiger partial charge in [-0.25, -0.2) is 4.79 Å². The molecule has 0 bridgehead atoms. The zero-order valence-electron chi connectivity index (χ0n) is 17.7. The van der Waals surface area contributed by atoms with Crippen molar-refractivity contribution in [2.24, 2.45) is 20.4 Å². The van der Waals surface area contributed by atoms with Gasteiger partial charge in [0.2, 0.25) is 10.2 Å². The molecule has 0 fully saturated rings. The molecule has 0 atom stereocenters. The lowest BCUT2D eigenvalue weighted by atomic mass is 10.3. The molecule has 168 valence electrons. The standard InChI is InChI=1S/C23H21BrN6O2S/c1-2-32-22(31)21(28-25-20-15-13-17(24)14-16-20)33-23(29-26-18-9-5-3-6-10-18)30-27-19-11-7-4-8-12-19/h3-16,25-26H,2H2,1H3/b28-21-,29-23+,30-27?. The molecular formula is C23H21BrN6O2S. The van der Waals surface area contributed by atoms with E-state index in [0.29, 0.717) is 11.4 Å². The Morgan fingerprint density at radius 3 is 2.15 bits per heavy atom. The van der Waals surface area contributed by atoms with E-state index in [4.69, 9.17) is 4.74 Å². The number of rotatable bonds is 6. The van der Waals surface area contributed by atoms with E-state index in [9.17, 15) is 4.79 Å². The molecule has 2 N–H and O–H groups in total. The van der Waals surface area contributed by atoms with E-state index in [-0.39, 0.29) is 16.8 Å². The first kappa shape index (κ1) is 24.1. The molecule has 0 heterocycles. The van der Waals surface area contributed by atoms with E-state index in [1.54, 1.807) is 6.92 Å². The van der Waals surface area contributed by atoms with Crippen LogP contribution >= 0.6 is 27.7 Å². The highest BCUT2D eigenvalue weighted by molar-refractivity contribution is 9.10. The fourth-order valence-corrected chi connectivity index (χ4v) is 3.16. The van der Waals surface area contributed by atoms with Gasteiger partial charge in [0.1, 0.15) is 0 Å². The van der Waals surface area contributed by atoms with Gasteiger partial charge in [0.15, 0.2) is 0 Å². The number of nitrogens with one attached hydrogen (secondary N) is 2. The quantitative estimate of drug-likeness (QED) is 0.124. The summed E-state index contributed by atoms with van der Waals surface area (Å²) in [4.78, 5) is 12.5. The molecule has 33 heavy (non-hydrogen) atoms. The van der Waals surface area contributed by atoms with E-state index in [2.05, 4.69) is 47.2 Å². The molecule has 10 heteroatoms. The largest absolute Gasteiger partial charge is 0.461 e. The van der Waals surface area contributed by atoms with E-state index < -0.39 is 5.97 Å². The first-order valence-corrected chi connectivity index (χ1v) is 11.5. The van der Waals surface area contributed by atoms with Crippen LogP contribution in [0.15, 0.2) is 110 Å². The Hall–Kier alpha value is -3.50. The molecule has 0 aliphatic rings. The lowest BCUT2D eigenvalue weighted by Gasteiger charge is -2.07. The number of esters is 1. The summed E-state index contributed by atoms with van der Waals surface area (Å²) in [5.41, 5.74) is 7.89. The number of amidine groups is 1. The molecule has 8 nitrogen and oxygen atoms in total. The van der Waals surface area contributed by atoms with Crippen LogP contribution in [0.3, 0.4) is 0 Å². The molecule has 0 radical (unpaired) electrons. The maximum Gasteiger partial charge on any atom is 0.365 e. The summed E-state index contributed by atoms with van der Waals surface area (Å²) in [6.45, 7) is 1.93. The third-order valence-corrected chi connectivity index (χ3v) is 5.17. The molecule has 0 aromatic heterocycles. The van der Waals surface area contributed by atoms with Crippen molar-refractivity contribution >= 4 is 60.9 Å². The first-order valence-electron chi connectivity index (χ1n) is 9.94. The van der Waals surface area contributed by atoms with E-state index in [0.717, 1.165) is 21.9 Å². The average molecular weight is 525 g/mol. The summed E-state index contributed by atoms with van der Waals surface area (Å²) in [6, 6.07) is 26.0. The lowest BCUT2D eigenvalue weighted by Crippen LogP contribution is -2.18. The molecule has 0 saturated heterocycles. The van der Waals surface area contributed by atoms with E-state index in [1.165, 1.54) is 0 Å². The minimum atomic E-state index is -0.602. The smallest absolute Gasteiger partial charge is 0.365 e. The summed E-state index contributed by atoms with van der Waals surface area (Å²) >= 11 is 4.32. The second-order valence-electron chi connectivity index (χ2n) is 6.27. The highest BCUT2D eigenvalue weighted by atomic mass is 79.9. The predicted octanol–water partition coefficient (Wildman–Crippen LogP) is 6.64. The van der Waals surface area contributed by atoms with Crippen molar-refractivity contribution in [1.82, 2.24) is 0 Å². The highest BCUT2D eigenvalue weighted by Gasteiger charge is 2.18. The van der Waals surface area contributed by atoms with Crippen LogP contribution in [-0.4, -0.2) is 22.8 Å². The van der Waals surface area contributed by atoms with E-state index in [1.807, 2.05) is 84.9 Å². The summed E-state index contributed by atoms with van der Waals surface area (Å²) in [5, 5.41) is 17.1. The molecule has 0 saturated carbocycles. The number of benzene rings is 3. The Morgan fingerprint density at radius 1 is 0.879 bits per heavy atom. The van der Waals surface area contributed by atoms with Crippen molar-refractivity contribution in [2.75, 3.05) is 17.5 Å². The van der Waals surface area contributed by atoms with Gasteiger partial charge in [0.25, 0.3) is 0 Å². The normalized spacial score (nSPS) is 11.9. The van der Waals surface area contributed by atoms with Gasteiger partial charge in [0, 0.05) is 4.47 Å². The topological polar surface area (TPSA) is 99.8 Å². The zero-order valence-corrected chi connectivity index (χ0v) is 20.1. The molecule has 0 spiro atoms. The minimum absolute atomic E-state index is 0.0281. The number of thioether (sulfide) groups is 1. The van der Waals surface area contributed by atoms with Crippen molar-refractivity contribution in [1.29, 1.82) is 0 Å². The molecule has 3 aromatic rings. The van der Waals surface area contributed by atoms with Crippen LogP contribution < -0.4 is 10.9 Å². The molecule has 0 aliphatic carbocycles. The summed E-state index contributed by atoms with van der Waals surface area (Å²) in [6.07, 6.45) is 0. The van der Waals surface area contributed by atoms with Crippen molar-refractivity contribution in [3.05, 3.63) is 89.4 Å². The van der Waals surface area contributed by atoms with Gasteiger partial charge in [-0.15, -0.1) is 15.3 Å². The number of hydrogen-bond acceptors (Lipinski definition) is 8. The van der Waals surface area contributed by atoms with Gasteiger partial charge in [-0.2, -0.15) is 5.10 Å². The fraction of sp³-hybridized carbons (Fsp3) is 0.0870. The van der Waals surface area contributed by atoms with Crippen molar-refractivity contribution < 1.29 is 9.53 Å². The number of para-hydroxylation sites is 1. The molecule has 0 amide bonds. The van der Waals surface area contributed by atoms with Crippen LogP contribution in [0.2, 0.25) is 0 Å².